The number of anilines is 1. The molecule has 0 aliphatic carbocycles. The summed E-state index contributed by atoms with van der Waals surface area (Å²) in [5, 5.41) is 3.59. The van der Waals surface area contributed by atoms with Crippen LogP contribution in [0.5, 0.6) is 5.88 Å². The summed E-state index contributed by atoms with van der Waals surface area (Å²) in [6.07, 6.45) is 6.46. The van der Waals surface area contributed by atoms with E-state index in [1.807, 2.05) is 13.0 Å². The Balaban J connectivity index is 1.70. The SMILES string of the molecule is COc1cc(NC2CC3CCCC(C2)N3C)nc(C)n1. The fraction of sp³-hybridized carbons (Fsp3) is 0.733. The van der Waals surface area contributed by atoms with Crippen molar-refractivity contribution in [1.29, 1.82) is 0 Å². The second-order valence-corrected chi connectivity index (χ2v) is 6.06. The Morgan fingerprint density at radius 1 is 1.25 bits per heavy atom. The van der Waals surface area contributed by atoms with Gasteiger partial charge in [-0.05, 0) is 39.7 Å². The van der Waals surface area contributed by atoms with Gasteiger partial charge in [-0.1, -0.05) is 6.42 Å². The van der Waals surface area contributed by atoms with Crippen molar-refractivity contribution in [3.05, 3.63) is 11.9 Å². The van der Waals surface area contributed by atoms with Crippen molar-refractivity contribution in [3.63, 3.8) is 0 Å². The highest BCUT2D eigenvalue weighted by molar-refractivity contribution is 5.39. The molecule has 0 saturated carbocycles. The van der Waals surface area contributed by atoms with Crippen LogP contribution in [0.25, 0.3) is 0 Å². The molecule has 2 atom stereocenters. The zero-order chi connectivity index (χ0) is 14.1. The molecule has 3 rings (SSSR count). The predicted molar refractivity (Wildman–Crippen MR) is 79.2 cm³/mol. The van der Waals surface area contributed by atoms with Gasteiger partial charge in [-0.3, -0.25) is 0 Å². The van der Waals surface area contributed by atoms with Gasteiger partial charge in [0.2, 0.25) is 5.88 Å². The first-order chi connectivity index (χ1) is 9.65. The number of ether oxygens (including phenoxy) is 1. The van der Waals surface area contributed by atoms with E-state index in [0.29, 0.717) is 11.9 Å². The minimum atomic E-state index is 0.514. The van der Waals surface area contributed by atoms with Crippen LogP contribution in [0.2, 0.25) is 0 Å². The van der Waals surface area contributed by atoms with Gasteiger partial charge in [0, 0.05) is 24.2 Å². The Labute approximate surface area is 120 Å². The summed E-state index contributed by atoms with van der Waals surface area (Å²) >= 11 is 0. The first-order valence-electron chi connectivity index (χ1n) is 7.54. The number of piperidine rings is 2. The van der Waals surface area contributed by atoms with Crippen LogP contribution in [0, 0.1) is 6.92 Å². The smallest absolute Gasteiger partial charge is 0.218 e. The second-order valence-electron chi connectivity index (χ2n) is 6.06. The fourth-order valence-corrected chi connectivity index (χ4v) is 3.66. The van der Waals surface area contributed by atoms with E-state index in [-0.39, 0.29) is 0 Å². The van der Waals surface area contributed by atoms with Gasteiger partial charge < -0.3 is 15.0 Å². The molecule has 110 valence electrons. The van der Waals surface area contributed by atoms with Crippen LogP contribution in [0.4, 0.5) is 5.82 Å². The number of hydrogen-bond acceptors (Lipinski definition) is 5. The van der Waals surface area contributed by atoms with Crippen molar-refractivity contribution in [2.24, 2.45) is 0 Å². The lowest BCUT2D eigenvalue weighted by atomic mass is 9.82. The molecule has 2 unspecified atom stereocenters. The first-order valence-corrected chi connectivity index (χ1v) is 7.54. The molecular weight excluding hydrogens is 252 g/mol. The molecule has 20 heavy (non-hydrogen) atoms. The van der Waals surface area contributed by atoms with E-state index >= 15 is 0 Å². The molecule has 5 nitrogen and oxygen atoms in total. The average molecular weight is 276 g/mol. The Bertz CT molecular complexity index is 465. The van der Waals surface area contributed by atoms with Gasteiger partial charge in [-0.2, -0.15) is 4.98 Å². The molecule has 2 saturated heterocycles. The van der Waals surface area contributed by atoms with Gasteiger partial charge in [0.25, 0.3) is 0 Å². The molecule has 2 fully saturated rings. The molecule has 2 aliphatic rings. The number of nitrogens with zero attached hydrogens (tertiary/aromatic N) is 3. The molecule has 0 amide bonds. The molecule has 0 spiro atoms. The van der Waals surface area contributed by atoms with Gasteiger partial charge in [-0.25, -0.2) is 4.98 Å². The maximum atomic E-state index is 5.22. The average Bonchev–Trinajstić information content (AvgIpc) is 2.39. The van der Waals surface area contributed by atoms with Crippen molar-refractivity contribution < 1.29 is 4.74 Å². The van der Waals surface area contributed by atoms with Crippen LogP contribution in [0.15, 0.2) is 6.07 Å². The zero-order valence-electron chi connectivity index (χ0n) is 12.6. The third-order valence-electron chi connectivity index (χ3n) is 4.72. The first kappa shape index (κ1) is 13.6. The van der Waals surface area contributed by atoms with E-state index in [2.05, 4.69) is 27.2 Å². The highest BCUT2D eigenvalue weighted by atomic mass is 16.5. The fourth-order valence-electron chi connectivity index (χ4n) is 3.66. The van der Waals surface area contributed by atoms with E-state index in [4.69, 9.17) is 4.74 Å². The van der Waals surface area contributed by atoms with E-state index in [0.717, 1.165) is 23.7 Å². The number of rotatable bonds is 3. The normalized spacial score (nSPS) is 30.1. The number of nitrogens with one attached hydrogen (secondary N) is 1. The van der Waals surface area contributed by atoms with Crippen LogP contribution in [0.1, 0.15) is 37.9 Å². The van der Waals surface area contributed by atoms with E-state index in [9.17, 15) is 0 Å². The Morgan fingerprint density at radius 2 is 1.95 bits per heavy atom. The summed E-state index contributed by atoms with van der Waals surface area (Å²) in [5.74, 6) is 2.27. The summed E-state index contributed by atoms with van der Waals surface area (Å²) < 4.78 is 5.22. The highest BCUT2D eigenvalue weighted by Gasteiger charge is 2.35. The molecular formula is C15H24N4O. The van der Waals surface area contributed by atoms with E-state index in [1.165, 1.54) is 32.1 Å². The van der Waals surface area contributed by atoms with Crippen LogP contribution < -0.4 is 10.1 Å². The van der Waals surface area contributed by atoms with Crippen molar-refractivity contribution >= 4 is 5.82 Å². The molecule has 2 bridgehead atoms. The van der Waals surface area contributed by atoms with E-state index < -0.39 is 0 Å². The molecule has 1 N–H and O–H groups in total. The Kier molecular flexibility index (Phi) is 3.78. The molecule has 0 aromatic carbocycles. The van der Waals surface area contributed by atoms with Gasteiger partial charge in [0.15, 0.2) is 0 Å². The van der Waals surface area contributed by atoms with Crippen molar-refractivity contribution in [2.75, 3.05) is 19.5 Å². The van der Waals surface area contributed by atoms with Crippen molar-refractivity contribution in [3.8, 4) is 5.88 Å². The molecule has 2 aliphatic heterocycles. The molecule has 1 aromatic heterocycles. The van der Waals surface area contributed by atoms with Crippen LogP contribution in [-0.4, -0.2) is 47.2 Å². The standard InChI is InChI=1S/C15H24N4O/c1-10-16-14(9-15(17-10)20-3)18-11-7-12-5-4-6-13(8-11)19(12)2/h9,11-13H,4-8H2,1-3H3,(H,16,17,18). The van der Waals surface area contributed by atoms with Crippen LogP contribution >= 0.6 is 0 Å². The second kappa shape index (κ2) is 5.56. The third-order valence-corrected chi connectivity index (χ3v) is 4.72. The molecule has 5 heteroatoms. The minimum Gasteiger partial charge on any atom is -0.481 e. The maximum absolute atomic E-state index is 5.22. The van der Waals surface area contributed by atoms with Gasteiger partial charge in [0.05, 0.1) is 7.11 Å². The molecule has 1 aromatic rings. The quantitative estimate of drug-likeness (QED) is 0.917. The van der Waals surface area contributed by atoms with Crippen LogP contribution in [-0.2, 0) is 0 Å². The summed E-state index contributed by atoms with van der Waals surface area (Å²) in [5.41, 5.74) is 0. The summed E-state index contributed by atoms with van der Waals surface area (Å²) in [6.45, 7) is 1.90. The summed E-state index contributed by atoms with van der Waals surface area (Å²) in [6, 6.07) is 3.86. The predicted octanol–water partition coefficient (Wildman–Crippen LogP) is 2.22. The van der Waals surface area contributed by atoms with Gasteiger partial charge in [-0.15, -0.1) is 0 Å². The Morgan fingerprint density at radius 3 is 2.60 bits per heavy atom. The van der Waals surface area contributed by atoms with Gasteiger partial charge >= 0.3 is 0 Å². The monoisotopic (exact) mass is 276 g/mol. The number of methoxy groups -OCH3 is 1. The number of hydrogen-bond donors (Lipinski definition) is 1. The zero-order valence-corrected chi connectivity index (χ0v) is 12.6. The molecule has 0 radical (unpaired) electrons. The Hall–Kier alpha value is -1.36. The number of aryl methyl sites for hydroxylation is 1. The highest BCUT2D eigenvalue weighted by Crippen LogP contribution is 2.33. The van der Waals surface area contributed by atoms with Crippen molar-refractivity contribution in [1.82, 2.24) is 14.9 Å². The summed E-state index contributed by atoms with van der Waals surface area (Å²) in [4.78, 5) is 11.3. The molecule has 3 heterocycles. The lowest BCUT2D eigenvalue weighted by Crippen LogP contribution is -2.52. The maximum Gasteiger partial charge on any atom is 0.218 e. The minimum absolute atomic E-state index is 0.514. The lowest BCUT2D eigenvalue weighted by Gasteiger charge is -2.47. The van der Waals surface area contributed by atoms with Crippen LogP contribution in [0.3, 0.4) is 0 Å². The van der Waals surface area contributed by atoms with Gasteiger partial charge in [0.1, 0.15) is 11.6 Å². The number of fused-ring (bicyclic) bond motifs is 2. The van der Waals surface area contributed by atoms with E-state index in [1.54, 1.807) is 7.11 Å². The lowest BCUT2D eigenvalue weighted by molar-refractivity contribution is 0.0608. The number of aromatic nitrogens is 2. The van der Waals surface area contributed by atoms with Crippen molar-refractivity contribution in [2.45, 2.75) is 57.2 Å². The summed E-state index contributed by atoms with van der Waals surface area (Å²) in [7, 11) is 3.92. The topological polar surface area (TPSA) is 50.3 Å². The third kappa shape index (κ3) is 2.73. The largest absolute Gasteiger partial charge is 0.481 e.